The van der Waals surface area contributed by atoms with Crippen molar-refractivity contribution in [2.75, 3.05) is 0 Å². The van der Waals surface area contributed by atoms with E-state index in [1.54, 1.807) is 0 Å². The molecule has 0 aromatic carbocycles. The summed E-state index contributed by atoms with van der Waals surface area (Å²) >= 11 is 0. The zero-order valence-electron chi connectivity index (χ0n) is 7.50. The van der Waals surface area contributed by atoms with Crippen molar-refractivity contribution in [2.24, 2.45) is 0 Å². The van der Waals surface area contributed by atoms with Crippen LogP contribution in [0, 0.1) is 0 Å². The molecule has 15 heavy (non-hydrogen) atoms. The predicted octanol–water partition coefficient (Wildman–Crippen LogP) is -1.86. The summed E-state index contributed by atoms with van der Waals surface area (Å²) in [7, 11) is 0. The van der Waals surface area contributed by atoms with E-state index in [-0.39, 0.29) is 51.4 Å². The summed E-state index contributed by atoms with van der Waals surface area (Å²) in [5.41, 5.74) is -1.06. The SMILES string of the molecule is FC(F)Oc1ncc([B-](F)(F)F)cn1.[K+]. The molecule has 0 aliphatic carbocycles. The largest absolute Gasteiger partial charge is 1.00 e. The number of ether oxygens (including phenoxy) is 1. The summed E-state index contributed by atoms with van der Waals surface area (Å²) < 4.78 is 62.7. The zero-order valence-corrected chi connectivity index (χ0v) is 10.6. The van der Waals surface area contributed by atoms with Crippen LogP contribution in [0.15, 0.2) is 12.4 Å². The van der Waals surface area contributed by atoms with Gasteiger partial charge in [-0.15, -0.1) is 0 Å². The van der Waals surface area contributed by atoms with Crippen molar-refractivity contribution in [1.29, 1.82) is 0 Å². The van der Waals surface area contributed by atoms with E-state index in [9.17, 15) is 21.7 Å². The molecule has 78 valence electrons. The Hall–Kier alpha value is 0.231. The second-order valence-electron chi connectivity index (χ2n) is 2.25. The molecule has 10 heteroatoms. The van der Waals surface area contributed by atoms with Crippen molar-refractivity contribution < 1.29 is 77.8 Å². The number of nitrogens with zero attached hydrogens (tertiary/aromatic N) is 2. The van der Waals surface area contributed by atoms with E-state index >= 15 is 0 Å². The molecule has 0 aliphatic heterocycles. The quantitative estimate of drug-likeness (QED) is 0.467. The number of hydrogen-bond acceptors (Lipinski definition) is 3. The molecule has 1 rings (SSSR count). The maximum absolute atomic E-state index is 12.0. The second kappa shape index (κ2) is 6.09. The summed E-state index contributed by atoms with van der Waals surface area (Å²) in [4.78, 5) is 5.94. The van der Waals surface area contributed by atoms with Gasteiger partial charge in [-0.2, -0.15) is 8.78 Å². The molecule has 0 radical (unpaired) electrons. The Kier molecular flexibility index (Phi) is 6.18. The molecule has 1 heterocycles. The van der Waals surface area contributed by atoms with Crippen LogP contribution in [0.5, 0.6) is 6.01 Å². The average molecular weight is 252 g/mol. The topological polar surface area (TPSA) is 35.0 Å². The van der Waals surface area contributed by atoms with E-state index in [0.29, 0.717) is 12.4 Å². The second-order valence-corrected chi connectivity index (χ2v) is 2.25. The summed E-state index contributed by atoms with van der Waals surface area (Å²) in [5.74, 6) is 0. The smallest absolute Gasteiger partial charge is 0.445 e. The summed E-state index contributed by atoms with van der Waals surface area (Å²) in [5, 5.41) is 0. The molecule has 0 amide bonds. The molecule has 0 spiro atoms. The van der Waals surface area contributed by atoms with Crippen LogP contribution in [-0.2, 0) is 0 Å². The van der Waals surface area contributed by atoms with E-state index in [1.165, 1.54) is 0 Å². The first kappa shape index (κ1) is 15.2. The van der Waals surface area contributed by atoms with Crippen LogP contribution >= 0.6 is 0 Å². The Morgan fingerprint density at radius 1 is 1.13 bits per heavy atom. The maximum Gasteiger partial charge on any atom is 1.00 e. The minimum Gasteiger partial charge on any atom is -0.445 e. The van der Waals surface area contributed by atoms with Gasteiger partial charge in [0, 0.05) is 12.4 Å². The Morgan fingerprint density at radius 2 is 1.60 bits per heavy atom. The fourth-order valence-electron chi connectivity index (χ4n) is 0.636. The molecule has 1 aromatic heterocycles. The molecular weight excluding hydrogens is 249 g/mol. The van der Waals surface area contributed by atoms with Crippen LogP contribution in [0.2, 0.25) is 0 Å². The van der Waals surface area contributed by atoms with Gasteiger partial charge < -0.3 is 17.7 Å². The molecule has 0 saturated heterocycles. The van der Waals surface area contributed by atoms with Crippen LogP contribution < -0.4 is 61.6 Å². The predicted molar refractivity (Wildman–Crippen MR) is 37.4 cm³/mol. The molecule has 0 saturated carbocycles. The fraction of sp³-hybridized carbons (Fsp3) is 0.200. The van der Waals surface area contributed by atoms with Gasteiger partial charge in [0.25, 0.3) is 0 Å². The number of aromatic nitrogens is 2. The van der Waals surface area contributed by atoms with Crippen LogP contribution in [0.4, 0.5) is 21.7 Å². The van der Waals surface area contributed by atoms with Crippen LogP contribution in [0.3, 0.4) is 0 Å². The average Bonchev–Trinajstić information content (AvgIpc) is 2.02. The van der Waals surface area contributed by atoms with Crippen molar-refractivity contribution in [3.8, 4) is 6.01 Å². The van der Waals surface area contributed by atoms with Crippen molar-refractivity contribution in [1.82, 2.24) is 9.97 Å². The van der Waals surface area contributed by atoms with Gasteiger partial charge in [0.05, 0.1) is 0 Å². The standard InChI is InChI=1S/C5H3BF5N2O.K/c7-4(8)14-5-12-1-3(2-13-5)6(9,10)11;/h1-2,4H;/q-1;+1. The van der Waals surface area contributed by atoms with Crippen molar-refractivity contribution in [2.45, 2.75) is 6.61 Å². The molecule has 0 fully saturated rings. The fourth-order valence-corrected chi connectivity index (χ4v) is 0.636. The first-order valence-electron chi connectivity index (χ1n) is 3.36. The monoisotopic (exact) mass is 252 g/mol. The molecule has 0 atom stereocenters. The van der Waals surface area contributed by atoms with E-state index in [4.69, 9.17) is 0 Å². The Bertz CT molecular complexity index is 305. The van der Waals surface area contributed by atoms with E-state index < -0.39 is 25.1 Å². The number of hydrogen-bond donors (Lipinski definition) is 0. The van der Waals surface area contributed by atoms with E-state index in [1.807, 2.05) is 0 Å². The third-order valence-corrected chi connectivity index (χ3v) is 1.22. The number of alkyl halides is 2. The van der Waals surface area contributed by atoms with Crippen molar-refractivity contribution in [3.05, 3.63) is 12.4 Å². The Balaban J connectivity index is 0.00000196. The first-order chi connectivity index (χ1) is 6.39. The van der Waals surface area contributed by atoms with Gasteiger partial charge in [0.1, 0.15) is 0 Å². The van der Waals surface area contributed by atoms with Gasteiger partial charge in [-0.1, -0.05) is 5.46 Å². The van der Waals surface area contributed by atoms with E-state index in [2.05, 4.69) is 14.7 Å². The van der Waals surface area contributed by atoms with E-state index in [0.717, 1.165) is 0 Å². The summed E-state index contributed by atoms with van der Waals surface area (Å²) in [6, 6.07) is -0.788. The van der Waals surface area contributed by atoms with Gasteiger partial charge in [0.2, 0.25) is 0 Å². The van der Waals surface area contributed by atoms with Crippen molar-refractivity contribution >= 4 is 12.4 Å². The maximum atomic E-state index is 12.0. The van der Waals surface area contributed by atoms with Gasteiger partial charge in [0.15, 0.2) is 0 Å². The van der Waals surface area contributed by atoms with Gasteiger partial charge >= 0.3 is 71.0 Å². The Morgan fingerprint density at radius 3 is 1.93 bits per heavy atom. The van der Waals surface area contributed by atoms with Gasteiger partial charge in [-0.05, 0) is 0 Å². The first-order valence-corrected chi connectivity index (χ1v) is 3.36. The number of halogens is 5. The third-order valence-electron chi connectivity index (χ3n) is 1.22. The normalized spacial score (nSPS) is 11.1. The van der Waals surface area contributed by atoms with Gasteiger partial charge in [-0.25, -0.2) is 9.97 Å². The minimum absolute atomic E-state index is 0. The van der Waals surface area contributed by atoms with Crippen LogP contribution in [0.1, 0.15) is 0 Å². The molecule has 0 N–H and O–H groups in total. The molecule has 0 bridgehead atoms. The number of rotatable bonds is 3. The molecule has 0 unspecified atom stereocenters. The van der Waals surface area contributed by atoms with Crippen molar-refractivity contribution in [3.63, 3.8) is 0 Å². The molecular formula is C5H3BF5KN2O. The molecule has 1 aromatic rings. The van der Waals surface area contributed by atoms with Crippen LogP contribution in [-0.4, -0.2) is 23.6 Å². The summed E-state index contributed by atoms with van der Waals surface area (Å²) in [6.45, 7) is -8.37. The van der Waals surface area contributed by atoms with Gasteiger partial charge in [-0.3, -0.25) is 0 Å². The third kappa shape index (κ3) is 5.20. The van der Waals surface area contributed by atoms with Crippen LogP contribution in [0.25, 0.3) is 0 Å². The summed E-state index contributed by atoms with van der Waals surface area (Å²) in [6.07, 6.45) is 0.787. The minimum atomic E-state index is -5.21. The molecule has 0 aliphatic rings. The molecule has 3 nitrogen and oxygen atoms in total. The Labute approximate surface area is 124 Å². The zero-order chi connectivity index (χ0) is 10.8.